The van der Waals surface area contributed by atoms with Crippen molar-refractivity contribution in [3.05, 3.63) is 22.3 Å². The number of pyridine rings is 1. The van der Waals surface area contributed by atoms with Crippen molar-refractivity contribution in [3.8, 4) is 0 Å². The average Bonchev–Trinajstić information content (AvgIpc) is 2.95. The van der Waals surface area contributed by atoms with Crippen molar-refractivity contribution in [2.45, 2.75) is 19.8 Å². The first-order chi connectivity index (χ1) is 7.50. The number of hydrogen-bond acceptors (Lipinski definition) is 3. The molecule has 2 rings (SSSR count). The molecule has 0 bridgehead atoms. The molecule has 1 heterocycles. The van der Waals surface area contributed by atoms with Crippen molar-refractivity contribution in [3.63, 3.8) is 0 Å². The molecule has 1 saturated carbocycles. The summed E-state index contributed by atoms with van der Waals surface area (Å²) in [4.78, 5) is 15.1. The van der Waals surface area contributed by atoms with E-state index in [2.05, 4.69) is 33.2 Å². The molecule has 0 aliphatic heterocycles. The van der Waals surface area contributed by atoms with Crippen LogP contribution < -0.4 is 5.32 Å². The Morgan fingerprint density at radius 2 is 2.38 bits per heavy atom. The molecule has 0 atom stereocenters. The first kappa shape index (κ1) is 11.4. The van der Waals surface area contributed by atoms with E-state index in [0.29, 0.717) is 15.7 Å². The third kappa shape index (κ3) is 2.52. The van der Waals surface area contributed by atoms with E-state index in [9.17, 15) is 4.79 Å². The molecular formula is C11H13BrN2O2. The zero-order valence-electron chi connectivity index (χ0n) is 8.96. The fraction of sp³-hybridized carbons (Fsp3) is 0.455. The smallest absolute Gasteiger partial charge is 0.339 e. The van der Waals surface area contributed by atoms with Gasteiger partial charge < -0.3 is 10.4 Å². The molecule has 0 saturated heterocycles. The fourth-order valence-corrected chi connectivity index (χ4v) is 1.76. The number of aromatic carboxylic acids is 1. The highest BCUT2D eigenvalue weighted by Gasteiger charge is 2.37. The Hall–Kier alpha value is -1.10. The number of anilines is 1. The van der Waals surface area contributed by atoms with Crippen LogP contribution in [-0.2, 0) is 0 Å². The summed E-state index contributed by atoms with van der Waals surface area (Å²) in [5.41, 5.74) is 0.531. The lowest BCUT2D eigenvalue weighted by atomic mass is 10.1. The molecule has 1 aliphatic carbocycles. The summed E-state index contributed by atoms with van der Waals surface area (Å²) in [6, 6.07) is 1.56. The Morgan fingerprint density at radius 1 is 1.69 bits per heavy atom. The lowest BCUT2D eigenvalue weighted by Crippen LogP contribution is -2.15. The van der Waals surface area contributed by atoms with Crippen molar-refractivity contribution in [2.75, 3.05) is 11.9 Å². The van der Waals surface area contributed by atoms with Gasteiger partial charge in [-0.3, -0.25) is 0 Å². The third-order valence-corrected chi connectivity index (χ3v) is 3.30. The predicted molar refractivity (Wildman–Crippen MR) is 64.7 cm³/mol. The van der Waals surface area contributed by atoms with Gasteiger partial charge in [-0.1, -0.05) is 6.92 Å². The molecule has 4 nitrogen and oxygen atoms in total. The van der Waals surface area contributed by atoms with E-state index >= 15 is 0 Å². The quantitative estimate of drug-likeness (QED) is 0.893. The largest absolute Gasteiger partial charge is 0.478 e. The van der Waals surface area contributed by atoms with Crippen LogP contribution in [0.15, 0.2) is 16.7 Å². The van der Waals surface area contributed by atoms with Crippen LogP contribution in [-0.4, -0.2) is 22.6 Å². The second-order valence-electron chi connectivity index (χ2n) is 4.52. The molecule has 0 amide bonds. The van der Waals surface area contributed by atoms with Crippen LogP contribution in [0, 0.1) is 5.41 Å². The molecule has 1 fully saturated rings. The molecule has 0 aromatic carbocycles. The summed E-state index contributed by atoms with van der Waals surface area (Å²) in [6.07, 6.45) is 3.99. The van der Waals surface area contributed by atoms with Crippen LogP contribution in [0.3, 0.4) is 0 Å². The SMILES string of the molecule is CC1(CNc2ncc(Br)cc2C(=O)O)CC1. The normalized spacial score (nSPS) is 16.9. The minimum absolute atomic E-state index is 0.207. The number of carbonyl (C=O) groups is 1. The van der Waals surface area contributed by atoms with Gasteiger partial charge in [-0.25, -0.2) is 9.78 Å². The summed E-state index contributed by atoms with van der Waals surface area (Å²) in [5, 5.41) is 12.1. The first-order valence-electron chi connectivity index (χ1n) is 5.13. The topological polar surface area (TPSA) is 62.2 Å². The first-order valence-corrected chi connectivity index (χ1v) is 5.92. The van der Waals surface area contributed by atoms with Crippen LogP contribution in [0.25, 0.3) is 0 Å². The van der Waals surface area contributed by atoms with Gasteiger partial charge in [0.15, 0.2) is 0 Å². The van der Waals surface area contributed by atoms with E-state index < -0.39 is 5.97 Å². The van der Waals surface area contributed by atoms with E-state index in [-0.39, 0.29) is 5.56 Å². The second kappa shape index (κ2) is 4.05. The van der Waals surface area contributed by atoms with E-state index in [1.165, 1.54) is 12.8 Å². The monoisotopic (exact) mass is 284 g/mol. The van der Waals surface area contributed by atoms with Crippen LogP contribution in [0.5, 0.6) is 0 Å². The maximum atomic E-state index is 11.0. The lowest BCUT2D eigenvalue weighted by molar-refractivity contribution is 0.0697. The van der Waals surface area contributed by atoms with Crippen LogP contribution >= 0.6 is 15.9 Å². The average molecular weight is 285 g/mol. The summed E-state index contributed by atoms with van der Waals surface area (Å²) < 4.78 is 0.674. The van der Waals surface area contributed by atoms with Gasteiger partial charge >= 0.3 is 5.97 Å². The highest BCUT2D eigenvalue weighted by atomic mass is 79.9. The van der Waals surface area contributed by atoms with Crippen molar-refractivity contribution < 1.29 is 9.90 Å². The molecule has 16 heavy (non-hydrogen) atoms. The number of carboxylic acids is 1. The molecular weight excluding hydrogens is 272 g/mol. The van der Waals surface area contributed by atoms with Gasteiger partial charge in [-0.2, -0.15) is 0 Å². The standard InChI is InChI=1S/C11H13BrN2O2/c1-11(2-3-11)6-14-9-8(10(15)16)4-7(12)5-13-9/h4-5H,2-3,6H2,1H3,(H,13,14)(H,15,16). The van der Waals surface area contributed by atoms with Gasteiger partial charge in [-0.15, -0.1) is 0 Å². The minimum Gasteiger partial charge on any atom is -0.478 e. The third-order valence-electron chi connectivity index (χ3n) is 2.87. The predicted octanol–water partition coefficient (Wildman–Crippen LogP) is 2.75. The van der Waals surface area contributed by atoms with Crippen LogP contribution in [0.1, 0.15) is 30.1 Å². The van der Waals surface area contributed by atoms with E-state index in [1.807, 2.05) is 0 Å². The van der Waals surface area contributed by atoms with Crippen molar-refractivity contribution in [1.82, 2.24) is 4.98 Å². The fourth-order valence-electron chi connectivity index (χ4n) is 1.43. The summed E-state index contributed by atoms with van der Waals surface area (Å²) in [7, 11) is 0. The zero-order valence-corrected chi connectivity index (χ0v) is 10.5. The molecule has 2 N–H and O–H groups in total. The van der Waals surface area contributed by atoms with Gasteiger partial charge in [0.25, 0.3) is 0 Å². The summed E-state index contributed by atoms with van der Waals surface area (Å²) in [6.45, 7) is 2.96. The number of nitrogens with zero attached hydrogens (tertiary/aromatic N) is 1. The highest BCUT2D eigenvalue weighted by molar-refractivity contribution is 9.10. The number of halogens is 1. The molecule has 86 valence electrons. The second-order valence-corrected chi connectivity index (χ2v) is 5.43. The van der Waals surface area contributed by atoms with E-state index in [0.717, 1.165) is 6.54 Å². The summed E-state index contributed by atoms with van der Waals surface area (Å²) >= 11 is 3.21. The Labute approximate surface area is 102 Å². The van der Waals surface area contributed by atoms with Gasteiger partial charge in [0.2, 0.25) is 0 Å². The minimum atomic E-state index is -0.961. The Kier molecular flexibility index (Phi) is 2.88. The maximum absolute atomic E-state index is 11.0. The van der Waals surface area contributed by atoms with Crippen molar-refractivity contribution >= 4 is 27.7 Å². The molecule has 0 spiro atoms. The van der Waals surface area contributed by atoms with Gasteiger partial charge in [-0.05, 0) is 40.3 Å². The molecule has 0 radical (unpaired) electrons. The van der Waals surface area contributed by atoms with E-state index in [4.69, 9.17) is 5.11 Å². The molecule has 1 aromatic rings. The summed E-state index contributed by atoms with van der Waals surface area (Å²) in [5.74, 6) is -0.513. The maximum Gasteiger partial charge on any atom is 0.339 e. The molecule has 0 unspecified atom stereocenters. The van der Waals surface area contributed by atoms with Crippen molar-refractivity contribution in [2.24, 2.45) is 5.41 Å². The molecule has 1 aromatic heterocycles. The van der Waals surface area contributed by atoms with E-state index in [1.54, 1.807) is 12.3 Å². The zero-order chi connectivity index (χ0) is 11.8. The number of hydrogen-bond donors (Lipinski definition) is 2. The number of carboxylic acid groups (broad SMARTS) is 1. The number of aromatic nitrogens is 1. The Bertz CT molecular complexity index is 430. The van der Waals surface area contributed by atoms with Gasteiger partial charge in [0, 0.05) is 17.2 Å². The molecule has 1 aliphatic rings. The van der Waals surface area contributed by atoms with Crippen LogP contribution in [0.2, 0.25) is 0 Å². The number of nitrogens with one attached hydrogen (secondary N) is 1. The molecule has 5 heteroatoms. The Balaban J connectivity index is 2.15. The highest BCUT2D eigenvalue weighted by Crippen LogP contribution is 2.44. The van der Waals surface area contributed by atoms with Crippen molar-refractivity contribution in [1.29, 1.82) is 0 Å². The van der Waals surface area contributed by atoms with Gasteiger partial charge in [0.1, 0.15) is 11.4 Å². The van der Waals surface area contributed by atoms with Crippen LogP contribution in [0.4, 0.5) is 5.82 Å². The number of rotatable bonds is 4. The Morgan fingerprint density at radius 3 is 2.94 bits per heavy atom. The van der Waals surface area contributed by atoms with Gasteiger partial charge in [0.05, 0.1) is 0 Å². The lowest BCUT2D eigenvalue weighted by Gasteiger charge is -2.12.